The van der Waals surface area contributed by atoms with Gasteiger partial charge in [0, 0.05) is 24.3 Å². The number of ether oxygens (including phenoxy) is 2. The maximum absolute atomic E-state index is 5.39. The standard InChI is InChI=1S/C22H25N7O2/c1-30-18-10-11-19(31-2)16(14-18)15-23-28-21-25-20(24-17-8-4-3-5-9-17)26-22(27-21)29-12-6-7-13-29/h3-5,8-11,14-15H,6-7,12-13H2,1-2H3,(H2,24,25,26,27,28)/b23-15-. The van der Waals surface area contributed by atoms with E-state index in [1.54, 1.807) is 20.4 Å². The van der Waals surface area contributed by atoms with E-state index < -0.39 is 0 Å². The van der Waals surface area contributed by atoms with E-state index in [2.05, 4.69) is 35.7 Å². The van der Waals surface area contributed by atoms with Crippen LogP contribution in [0.25, 0.3) is 0 Å². The van der Waals surface area contributed by atoms with Crippen LogP contribution in [0.3, 0.4) is 0 Å². The lowest BCUT2D eigenvalue weighted by molar-refractivity contribution is 0.402. The van der Waals surface area contributed by atoms with E-state index in [4.69, 9.17) is 9.47 Å². The van der Waals surface area contributed by atoms with Crippen molar-refractivity contribution < 1.29 is 9.47 Å². The van der Waals surface area contributed by atoms with Gasteiger partial charge < -0.3 is 19.7 Å². The third kappa shape index (κ3) is 5.19. The fourth-order valence-corrected chi connectivity index (χ4v) is 3.28. The number of nitrogens with one attached hydrogen (secondary N) is 2. The highest BCUT2D eigenvalue weighted by Gasteiger charge is 2.17. The molecule has 0 atom stereocenters. The Labute approximate surface area is 181 Å². The highest BCUT2D eigenvalue weighted by molar-refractivity contribution is 5.84. The molecule has 1 fully saturated rings. The van der Waals surface area contributed by atoms with E-state index in [1.807, 2.05) is 48.5 Å². The van der Waals surface area contributed by atoms with Crippen molar-refractivity contribution in [3.8, 4) is 11.5 Å². The lowest BCUT2D eigenvalue weighted by atomic mass is 10.2. The summed E-state index contributed by atoms with van der Waals surface area (Å²) in [6.07, 6.45) is 3.90. The van der Waals surface area contributed by atoms with Crippen LogP contribution in [-0.2, 0) is 0 Å². The van der Waals surface area contributed by atoms with Crippen molar-refractivity contribution >= 4 is 29.7 Å². The molecule has 0 saturated carbocycles. The van der Waals surface area contributed by atoms with Gasteiger partial charge in [0.15, 0.2) is 0 Å². The van der Waals surface area contributed by atoms with E-state index in [1.165, 1.54) is 0 Å². The third-order valence-corrected chi connectivity index (χ3v) is 4.85. The van der Waals surface area contributed by atoms with Crippen molar-refractivity contribution in [1.29, 1.82) is 0 Å². The molecule has 0 radical (unpaired) electrons. The topological polar surface area (TPSA) is 96.8 Å². The first-order chi connectivity index (χ1) is 15.2. The van der Waals surface area contributed by atoms with Crippen molar-refractivity contribution in [2.45, 2.75) is 12.8 Å². The lowest BCUT2D eigenvalue weighted by Gasteiger charge is -2.16. The first-order valence-corrected chi connectivity index (χ1v) is 10.1. The summed E-state index contributed by atoms with van der Waals surface area (Å²) in [4.78, 5) is 15.8. The fraction of sp³-hybridized carbons (Fsp3) is 0.273. The second kappa shape index (κ2) is 9.75. The molecule has 2 N–H and O–H groups in total. The first kappa shape index (κ1) is 20.4. The van der Waals surface area contributed by atoms with Crippen LogP contribution < -0.4 is 25.1 Å². The Balaban J connectivity index is 1.57. The number of nitrogens with zero attached hydrogens (tertiary/aromatic N) is 5. The SMILES string of the molecule is COc1ccc(OC)c(/C=N\Nc2nc(Nc3ccccc3)nc(N3CCCC3)n2)c1. The zero-order valence-electron chi connectivity index (χ0n) is 17.6. The van der Waals surface area contributed by atoms with Crippen LogP contribution in [0, 0.1) is 0 Å². The molecule has 0 spiro atoms. The zero-order chi connectivity index (χ0) is 21.5. The van der Waals surface area contributed by atoms with Crippen LogP contribution in [-0.4, -0.2) is 48.5 Å². The normalized spacial score (nSPS) is 13.4. The average molecular weight is 419 g/mol. The number of anilines is 4. The Hall–Kier alpha value is -3.88. The van der Waals surface area contributed by atoms with Crippen LogP contribution in [0.15, 0.2) is 53.6 Å². The van der Waals surface area contributed by atoms with Crippen LogP contribution in [0.5, 0.6) is 11.5 Å². The fourth-order valence-electron chi connectivity index (χ4n) is 3.28. The quantitative estimate of drug-likeness (QED) is 0.422. The minimum absolute atomic E-state index is 0.355. The van der Waals surface area contributed by atoms with Crippen LogP contribution in [0.1, 0.15) is 18.4 Å². The van der Waals surface area contributed by atoms with E-state index in [0.717, 1.165) is 37.2 Å². The number of hydrogen-bond donors (Lipinski definition) is 2. The molecule has 1 aliphatic rings. The lowest BCUT2D eigenvalue weighted by Crippen LogP contribution is -2.21. The van der Waals surface area contributed by atoms with Crippen molar-refractivity contribution in [3.63, 3.8) is 0 Å². The minimum Gasteiger partial charge on any atom is -0.497 e. The minimum atomic E-state index is 0.355. The largest absolute Gasteiger partial charge is 0.497 e. The van der Waals surface area contributed by atoms with Crippen molar-refractivity contribution in [3.05, 3.63) is 54.1 Å². The molecule has 4 rings (SSSR count). The van der Waals surface area contributed by atoms with Gasteiger partial charge >= 0.3 is 0 Å². The molecular formula is C22H25N7O2. The predicted octanol–water partition coefficient (Wildman–Crippen LogP) is 3.68. The number of aromatic nitrogens is 3. The Morgan fingerprint density at radius 1 is 0.935 bits per heavy atom. The summed E-state index contributed by atoms with van der Waals surface area (Å²) in [5, 5.41) is 7.53. The molecule has 1 aliphatic heterocycles. The summed E-state index contributed by atoms with van der Waals surface area (Å²) in [5.41, 5.74) is 4.59. The van der Waals surface area contributed by atoms with Gasteiger partial charge in [0.25, 0.3) is 0 Å². The first-order valence-electron chi connectivity index (χ1n) is 10.1. The van der Waals surface area contributed by atoms with Crippen molar-refractivity contribution in [1.82, 2.24) is 15.0 Å². The summed E-state index contributed by atoms with van der Waals surface area (Å²) in [5.74, 6) is 2.84. The number of benzene rings is 2. The molecule has 160 valence electrons. The van der Waals surface area contributed by atoms with Gasteiger partial charge in [0.05, 0.1) is 20.4 Å². The van der Waals surface area contributed by atoms with Gasteiger partial charge in [-0.3, -0.25) is 0 Å². The van der Waals surface area contributed by atoms with Gasteiger partial charge in [-0.15, -0.1) is 0 Å². The predicted molar refractivity (Wildman–Crippen MR) is 122 cm³/mol. The summed E-state index contributed by atoms with van der Waals surface area (Å²) < 4.78 is 10.7. The van der Waals surface area contributed by atoms with Crippen molar-refractivity contribution in [2.75, 3.05) is 43.0 Å². The maximum atomic E-state index is 5.39. The molecule has 3 aromatic rings. The van der Waals surface area contributed by atoms with Gasteiger partial charge in [0.1, 0.15) is 11.5 Å². The molecule has 0 bridgehead atoms. The molecule has 0 amide bonds. The number of hydrogen-bond acceptors (Lipinski definition) is 9. The summed E-state index contributed by atoms with van der Waals surface area (Å²) >= 11 is 0. The molecule has 0 unspecified atom stereocenters. The average Bonchev–Trinajstić information content (AvgIpc) is 3.35. The Kier molecular flexibility index (Phi) is 6.41. The van der Waals surface area contributed by atoms with Crippen LogP contribution in [0.2, 0.25) is 0 Å². The highest BCUT2D eigenvalue weighted by Crippen LogP contribution is 2.23. The van der Waals surface area contributed by atoms with Gasteiger partial charge in [-0.2, -0.15) is 20.1 Å². The van der Waals surface area contributed by atoms with E-state index in [9.17, 15) is 0 Å². The zero-order valence-corrected chi connectivity index (χ0v) is 17.6. The van der Waals surface area contributed by atoms with E-state index in [0.29, 0.717) is 29.3 Å². The second-order valence-electron chi connectivity index (χ2n) is 6.95. The second-order valence-corrected chi connectivity index (χ2v) is 6.95. The van der Waals surface area contributed by atoms with Gasteiger partial charge in [-0.1, -0.05) is 18.2 Å². The molecular weight excluding hydrogens is 394 g/mol. The van der Waals surface area contributed by atoms with Gasteiger partial charge in [0.2, 0.25) is 17.8 Å². The Morgan fingerprint density at radius 2 is 1.71 bits per heavy atom. The van der Waals surface area contributed by atoms with E-state index in [-0.39, 0.29) is 0 Å². The highest BCUT2D eigenvalue weighted by atomic mass is 16.5. The third-order valence-electron chi connectivity index (χ3n) is 4.85. The monoisotopic (exact) mass is 419 g/mol. The van der Waals surface area contributed by atoms with Crippen LogP contribution >= 0.6 is 0 Å². The summed E-state index contributed by atoms with van der Waals surface area (Å²) in [7, 11) is 3.23. The van der Waals surface area contributed by atoms with Gasteiger partial charge in [-0.05, 0) is 43.2 Å². The molecule has 9 nitrogen and oxygen atoms in total. The Bertz CT molecular complexity index is 1040. The smallest absolute Gasteiger partial charge is 0.250 e. The van der Waals surface area contributed by atoms with Gasteiger partial charge in [-0.25, -0.2) is 5.43 Å². The molecule has 2 heterocycles. The number of methoxy groups -OCH3 is 2. The number of para-hydroxylation sites is 1. The number of rotatable bonds is 8. The molecule has 0 aliphatic carbocycles. The van der Waals surface area contributed by atoms with Crippen molar-refractivity contribution in [2.24, 2.45) is 5.10 Å². The molecule has 1 aromatic heterocycles. The Morgan fingerprint density at radius 3 is 2.45 bits per heavy atom. The van der Waals surface area contributed by atoms with Crippen LogP contribution in [0.4, 0.5) is 23.5 Å². The summed E-state index contributed by atoms with van der Waals surface area (Å²) in [6, 6.07) is 15.3. The molecule has 1 saturated heterocycles. The summed E-state index contributed by atoms with van der Waals surface area (Å²) in [6.45, 7) is 1.86. The molecule has 2 aromatic carbocycles. The maximum Gasteiger partial charge on any atom is 0.250 e. The molecule has 9 heteroatoms. The number of hydrazone groups is 1. The molecule has 31 heavy (non-hydrogen) atoms. The van der Waals surface area contributed by atoms with E-state index >= 15 is 0 Å².